The number of rotatable bonds is 8. The molecule has 0 unspecified atom stereocenters. The average Bonchev–Trinajstić information content (AvgIpc) is 3.19. The van der Waals surface area contributed by atoms with Crippen LogP contribution in [0.1, 0.15) is 26.2 Å². The average molecular weight is 397 g/mol. The van der Waals surface area contributed by atoms with Gasteiger partial charge >= 0.3 is 0 Å². The molecule has 1 heterocycles. The molecule has 0 spiro atoms. The highest BCUT2D eigenvalue weighted by atomic mass is 127. The first kappa shape index (κ1) is 18.0. The predicted molar refractivity (Wildman–Crippen MR) is 91.9 cm³/mol. The minimum atomic E-state index is 0. The molecule has 20 heavy (non-hydrogen) atoms. The summed E-state index contributed by atoms with van der Waals surface area (Å²) >= 11 is 0. The highest BCUT2D eigenvalue weighted by Gasteiger charge is 2.33. The minimum absolute atomic E-state index is 0. The summed E-state index contributed by atoms with van der Waals surface area (Å²) in [5, 5.41) is 6.66. The van der Waals surface area contributed by atoms with Crippen LogP contribution in [-0.2, 0) is 9.47 Å². The van der Waals surface area contributed by atoms with E-state index in [9.17, 15) is 0 Å². The van der Waals surface area contributed by atoms with E-state index in [1.54, 1.807) is 7.05 Å². The lowest BCUT2D eigenvalue weighted by molar-refractivity contribution is -0.0971. The molecule has 118 valence electrons. The Hall–Kier alpha value is -0.0800. The van der Waals surface area contributed by atoms with Gasteiger partial charge in [-0.3, -0.25) is 4.99 Å². The standard InChI is InChI=1S/C14H27N3O2.HI/c1-14(10-19-11-14)9-17-13(15-2)16-6-3-7-18-8-12-4-5-12;/h12H,3-11H2,1-2H3,(H2,15,16,17);1H. The number of guanidine groups is 1. The third kappa shape index (κ3) is 6.58. The second kappa shape index (κ2) is 9.04. The number of halogens is 1. The molecule has 1 saturated carbocycles. The molecule has 6 heteroatoms. The summed E-state index contributed by atoms with van der Waals surface area (Å²) in [5.41, 5.74) is 0.269. The van der Waals surface area contributed by atoms with Gasteiger partial charge < -0.3 is 20.1 Å². The first-order valence-electron chi connectivity index (χ1n) is 7.32. The van der Waals surface area contributed by atoms with E-state index in [2.05, 4.69) is 22.5 Å². The van der Waals surface area contributed by atoms with Crippen molar-refractivity contribution in [2.45, 2.75) is 26.2 Å². The molecule has 2 rings (SSSR count). The van der Waals surface area contributed by atoms with Gasteiger partial charge in [0.2, 0.25) is 0 Å². The Morgan fingerprint density at radius 3 is 2.65 bits per heavy atom. The molecule has 1 aliphatic carbocycles. The van der Waals surface area contributed by atoms with E-state index >= 15 is 0 Å². The van der Waals surface area contributed by atoms with Crippen molar-refractivity contribution in [3.05, 3.63) is 0 Å². The number of nitrogens with zero attached hydrogens (tertiary/aromatic N) is 1. The van der Waals surface area contributed by atoms with Crippen LogP contribution in [0.4, 0.5) is 0 Å². The second-order valence-corrected chi connectivity index (χ2v) is 6.03. The fourth-order valence-electron chi connectivity index (χ4n) is 1.99. The van der Waals surface area contributed by atoms with Crippen LogP contribution in [0.5, 0.6) is 0 Å². The molecule has 0 radical (unpaired) electrons. The maximum atomic E-state index is 5.60. The van der Waals surface area contributed by atoms with Gasteiger partial charge in [-0.05, 0) is 25.2 Å². The van der Waals surface area contributed by atoms with Crippen LogP contribution in [-0.4, -0.2) is 52.5 Å². The van der Waals surface area contributed by atoms with E-state index in [1.165, 1.54) is 12.8 Å². The van der Waals surface area contributed by atoms with E-state index in [4.69, 9.17) is 9.47 Å². The Morgan fingerprint density at radius 2 is 2.10 bits per heavy atom. The Labute approximate surface area is 139 Å². The summed E-state index contributed by atoms with van der Waals surface area (Å²) in [4.78, 5) is 4.22. The third-order valence-corrected chi connectivity index (χ3v) is 3.62. The van der Waals surface area contributed by atoms with Crippen LogP contribution in [0.15, 0.2) is 4.99 Å². The second-order valence-electron chi connectivity index (χ2n) is 6.03. The van der Waals surface area contributed by atoms with E-state index < -0.39 is 0 Å². The summed E-state index contributed by atoms with van der Waals surface area (Å²) in [5.74, 6) is 1.73. The number of hydrogen-bond donors (Lipinski definition) is 2. The van der Waals surface area contributed by atoms with Gasteiger partial charge in [-0.2, -0.15) is 0 Å². The van der Waals surface area contributed by atoms with Crippen LogP contribution in [0, 0.1) is 11.3 Å². The Kier molecular flexibility index (Phi) is 8.13. The topological polar surface area (TPSA) is 54.9 Å². The van der Waals surface area contributed by atoms with Crippen LogP contribution in [0.25, 0.3) is 0 Å². The zero-order valence-corrected chi connectivity index (χ0v) is 14.9. The van der Waals surface area contributed by atoms with E-state index in [0.717, 1.165) is 57.8 Å². The van der Waals surface area contributed by atoms with E-state index in [1.807, 2.05) is 0 Å². The molecule has 1 aliphatic heterocycles. The molecule has 0 aromatic rings. The van der Waals surface area contributed by atoms with Gasteiger partial charge in [0.25, 0.3) is 0 Å². The van der Waals surface area contributed by atoms with Crippen molar-refractivity contribution in [1.82, 2.24) is 10.6 Å². The van der Waals surface area contributed by atoms with E-state index in [-0.39, 0.29) is 29.4 Å². The fraction of sp³-hybridized carbons (Fsp3) is 0.929. The monoisotopic (exact) mass is 397 g/mol. The molecule has 2 N–H and O–H groups in total. The van der Waals surface area contributed by atoms with Crippen molar-refractivity contribution >= 4 is 29.9 Å². The van der Waals surface area contributed by atoms with Crippen molar-refractivity contribution in [2.24, 2.45) is 16.3 Å². The molecule has 0 aromatic carbocycles. The number of ether oxygens (including phenoxy) is 2. The fourth-order valence-corrected chi connectivity index (χ4v) is 1.99. The lowest BCUT2D eigenvalue weighted by atomic mass is 9.89. The number of hydrogen-bond acceptors (Lipinski definition) is 3. The summed E-state index contributed by atoms with van der Waals surface area (Å²) in [6.45, 7) is 7.50. The molecule has 0 amide bonds. The van der Waals surface area contributed by atoms with Crippen molar-refractivity contribution in [2.75, 3.05) is 46.6 Å². The quantitative estimate of drug-likeness (QED) is 0.283. The zero-order chi connectivity index (χ0) is 13.6. The summed E-state index contributed by atoms with van der Waals surface area (Å²) in [7, 11) is 1.80. The third-order valence-electron chi connectivity index (χ3n) is 3.62. The maximum Gasteiger partial charge on any atom is 0.191 e. The molecular formula is C14H28IN3O2. The molecular weight excluding hydrogens is 369 g/mol. The lowest BCUT2D eigenvalue weighted by Crippen LogP contribution is -2.51. The van der Waals surface area contributed by atoms with Crippen LogP contribution in [0.3, 0.4) is 0 Å². The molecule has 1 saturated heterocycles. The summed E-state index contributed by atoms with van der Waals surface area (Å²) < 4.78 is 10.8. The zero-order valence-electron chi connectivity index (χ0n) is 12.6. The Morgan fingerprint density at radius 1 is 1.35 bits per heavy atom. The highest BCUT2D eigenvalue weighted by molar-refractivity contribution is 14.0. The Balaban J connectivity index is 0.00000200. The first-order valence-corrected chi connectivity index (χ1v) is 7.32. The minimum Gasteiger partial charge on any atom is -0.381 e. The molecule has 2 aliphatic rings. The van der Waals surface area contributed by atoms with Gasteiger partial charge in [-0.15, -0.1) is 24.0 Å². The maximum absolute atomic E-state index is 5.60. The largest absolute Gasteiger partial charge is 0.381 e. The lowest BCUT2D eigenvalue weighted by Gasteiger charge is -2.38. The predicted octanol–water partition coefficient (Wildman–Crippen LogP) is 1.62. The normalized spacial score (nSPS) is 20.8. The van der Waals surface area contributed by atoms with Crippen molar-refractivity contribution in [1.29, 1.82) is 0 Å². The highest BCUT2D eigenvalue weighted by Crippen LogP contribution is 2.28. The SMILES string of the molecule is CN=C(NCCCOCC1CC1)NCC1(C)COC1.I. The van der Waals surface area contributed by atoms with Crippen LogP contribution >= 0.6 is 24.0 Å². The van der Waals surface area contributed by atoms with Gasteiger partial charge in [0.05, 0.1) is 13.2 Å². The first-order chi connectivity index (χ1) is 9.22. The number of nitrogens with one attached hydrogen (secondary N) is 2. The van der Waals surface area contributed by atoms with Crippen molar-refractivity contribution < 1.29 is 9.47 Å². The summed E-state index contributed by atoms with van der Waals surface area (Å²) in [6.07, 6.45) is 3.74. The van der Waals surface area contributed by atoms with Crippen molar-refractivity contribution in [3.8, 4) is 0 Å². The Bertz CT molecular complexity index is 305. The molecule has 0 bridgehead atoms. The van der Waals surface area contributed by atoms with Gasteiger partial charge in [0.15, 0.2) is 5.96 Å². The van der Waals surface area contributed by atoms with Crippen LogP contribution in [0.2, 0.25) is 0 Å². The van der Waals surface area contributed by atoms with Gasteiger partial charge in [-0.1, -0.05) is 6.92 Å². The summed E-state index contributed by atoms with van der Waals surface area (Å²) in [6, 6.07) is 0. The van der Waals surface area contributed by atoms with Gasteiger partial charge in [0.1, 0.15) is 0 Å². The molecule has 2 fully saturated rings. The van der Waals surface area contributed by atoms with E-state index in [0.29, 0.717) is 0 Å². The molecule has 0 atom stereocenters. The number of aliphatic imine (C=N–C) groups is 1. The van der Waals surface area contributed by atoms with Crippen molar-refractivity contribution in [3.63, 3.8) is 0 Å². The van der Waals surface area contributed by atoms with Crippen LogP contribution < -0.4 is 10.6 Å². The van der Waals surface area contributed by atoms with Gasteiger partial charge in [0, 0.05) is 38.8 Å². The van der Waals surface area contributed by atoms with Gasteiger partial charge in [-0.25, -0.2) is 0 Å². The smallest absolute Gasteiger partial charge is 0.191 e. The molecule has 5 nitrogen and oxygen atoms in total. The molecule has 0 aromatic heterocycles.